The Labute approximate surface area is 189 Å². The van der Waals surface area contributed by atoms with Crippen LogP contribution < -0.4 is 9.64 Å². The second-order valence-corrected chi connectivity index (χ2v) is 9.25. The number of hydrogen-bond donors (Lipinski definition) is 1. The van der Waals surface area contributed by atoms with Gasteiger partial charge in [-0.05, 0) is 19.4 Å². The molecule has 3 aliphatic rings. The Hall–Kier alpha value is -1.88. The predicted molar refractivity (Wildman–Crippen MR) is 114 cm³/mol. The maximum absolute atomic E-state index is 14.9. The Bertz CT molecular complexity index is 1000. The van der Waals surface area contributed by atoms with Crippen molar-refractivity contribution >= 4 is 28.3 Å². The average molecular weight is 470 g/mol. The van der Waals surface area contributed by atoms with E-state index in [-0.39, 0.29) is 41.4 Å². The van der Waals surface area contributed by atoms with Crippen molar-refractivity contribution in [3.8, 4) is 6.01 Å². The van der Waals surface area contributed by atoms with Gasteiger partial charge in [0.05, 0.1) is 24.1 Å². The molecule has 11 heteroatoms. The van der Waals surface area contributed by atoms with Gasteiger partial charge in [0.2, 0.25) is 0 Å². The fourth-order valence-corrected chi connectivity index (χ4v) is 5.27. The van der Waals surface area contributed by atoms with E-state index < -0.39 is 12.0 Å². The molecule has 0 bridgehead atoms. The summed E-state index contributed by atoms with van der Waals surface area (Å²) in [5.41, 5.74) is -0.351. The molecule has 2 aromatic rings. The number of aromatic nitrogens is 3. The fraction of sp³-hybridized carbons (Fsp3) is 0.667. The van der Waals surface area contributed by atoms with Crippen LogP contribution in [0.5, 0.6) is 6.01 Å². The average Bonchev–Trinajstić information content (AvgIpc) is 3.19. The molecule has 2 unspecified atom stereocenters. The van der Waals surface area contributed by atoms with Gasteiger partial charge in [-0.3, -0.25) is 4.90 Å². The number of alkyl halides is 1. The van der Waals surface area contributed by atoms with Crippen LogP contribution in [0.1, 0.15) is 19.3 Å². The van der Waals surface area contributed by atoms with E-state index in [0.29, 0.717) is 50.5 Å². The summed E-state index contributed by atoms with van der Waals surface area (Å²) in [6, 6.07) is 0.0166. The molecule has 32 heavy (non-hydrogen) atoms. The Kier molecular flexibility index (Phi) is 6.04. The number of fused-ring (bicyclic) bond motifs is 2. The maximum atomic E-state index is 14.9. The third kappa shape index (κ3) is 3.98. The third-order valence-corrected chi connectivity index (χ3v) is 6.99. The normalized spacial score (nSPS) is 28.8. The summed E-state index contributed by atoms with van der Waals surface area (Å²) in [6.07, 6.45) is 2.83. The lowest BCUT2D eigenvalue weighted by Gasteiger charge is -2.31. The van der Waals surface area contributed by atoms with Crippen molar-refractivity contribution in [1.29, 1.82) is 0 Å². The largest absolute Gasteiger partial charge is 0.461 e. The van der Waals surface area contributed by atoms with E-state index in [1.165, 1.54) is 6.20 Å². The first-order chi connectivity index (χ1) is 15.5. The molecule has 5 rings (SSSR count). The van der Waals surface area contributed by atoms with Gasteiger partial charge in [-0.1, -0.05) is 11.6 Å². The smallest absolute Gasteiger partial charge is 0.319 e. The van der Waals surface area contributed by atoms with Crippen molar-refractivity contribution in [2.75, 3.05) is 57.5 Å². The zero-order valence-corrected chi connectivity index (χ0v) is 18.4. The molecule has 1 N–H and O–H groups in total. The summed E-state index contributed by atoms with van der Waals surface area (Å²) in [7, 11) is 0. The molecule has 0 aromatic carbocycles. The summed E-state index contributed by atoms with van der Waals surface area (Å²) in [4.78, 5) is 16.9. The lowest BCUT2D eigenvalue weighted by atomic mass is 9.95. The van der Waals surface area contributed by atoms with Crippen LogP contribution in [0.25, 0.3) is 10.9 Å². The Morgan fingerprint density at radius 1 is 1.31 bits per heavy atom. The van der Waals surface area contributed by atoms with Crippen LogP contribution in [-0.4, -0.2) is 89.3 Å². The van der Waals surface area contributed by atoms with Crippen molar-refractivity contribution in [3.05, 3.63) is 17.2 Å². The van der Waals surface area contributed by atoms with Gasteiger partial charge >= 0.3 is 6.01 Å². The van der Waals surface area contributed by atoms with Crippen LogP contribution >= 0.6 is 11.6 Å². The molecule has 3 aliphatic heterocycles. The molecule has 174 valence electrons. The van der Waals surface area contributed by atoms with E-state index in [4.69, 9.17) is 21.1 Å². The number of anilines is 1. The molecule has 0 aliphatic carbocycles. The van der Waals surface area contributed by atoms with Crippen LogP contribution in [0, 0.1) is 11.7 Å². The van der Waals surface area contributed by atoms with E-state index in [2.05, 4.69) is 19.9 Å². The van der Waals surface area contributed by atoms with Gasteiger partial charge in [-0.2, -0.15) is 9.97 Å². The number of aliphatic hydroxyl groups excluding tert-OH is 1. The monoisotopic (exact) mass is 469 g/mol. The summed E-state index contributed by atoms with van der Waals surface area (Å²) >= 11 is 5.92. The summed E-state index contributed by atoms with van der Waals surface area (Å²) in [5, 5.41) is 9.78. The fourth-order valence-electron chi connectivity index (χ4n) is 5.14. The molecular formula is C21H26ClF2N5O3. The first-order valence-electron chi connectivity index (χ1n) is 11.0. The highest BCUT2D eigenvalue weighted by Gasteiger charge is 2.49. The maximum Gasteiger partial charge on any atom is 0.319 e. The standard InChI is InChI=1S/C21H26ClF2N5O3/c22-18-16(24)17-15(7-25-18)19(28-4-5-31-11-13(8-28)10-30)27-20(26-17)32-12-21-2-1-3-29(21)9-14(23)6-21/h7,13-14,30H,1-6,8-12H2/t13?,14-,21?/m1/s1. The highest BCUT2D eigenvalue weighted by atomic mass is 35.5. The molecule has 3 atom stereocenters. The summed E-state index contributed by atoms with van der Waals surface area (Å²) < 4.78 is 40.5. The van der Waals surface area contributed by atoms with Gasteiger partial charge in [0.25, 0.3) is 0 Å². The summed E-state index contributed by atoms with van der Waals surface area (Å²) in [5.74, 6) is -0.400. The van der Waals surface area contributed by atoms with Gasteiger partial charge in [-0.15, -0.1) is 0 Å². The molecule has 0 amide bonds. The van der Waals surface area contributed by atoms with Crippen LogP contribution in [0.2, 0.25) is 5.15 Å². The Morgan fingerprint density at radius 2 is 2.19 bits per heavy atom. The quantitative estimate of drug-likeness (QED) is 0.667. The number of pyridine rings is 1. The SMILES string of the molecule is OCC1COCCN(c2nc(OCC34CCCN3C[C@H](F)C4)nc3c(F)c(Cl)ncc23)C1. The predicted octanol–water partition coefficient (Wildman–Crippen LogP) is 2.22. The van der Waals surface area contributed by atoms with E-state index in [1.807, 2.05) is 4.90 Å². The molecule has 3 saturated heterocycles. The minimum atomic E-state index is -0.873. The van der Waals surface area contributed by atoms with E-state index >= 15 is 0 Å². The lowest BCUT2D eigenvalue weighted by Crippen LogP contribution is -2.43. The van der Waals surface area contributed by atoms with Gasteiger partial charge in [0.1, 0.15) is 24.1 Å². The molecule has 3 fully saturated rings. The lowest BCUT2D eigenvalue weighted by molar-refractivity contribution is 0.0959. The van der Waals surface area contributed by atoms with Crippen LogP contribution in [0.15, 0.2) is 6.20 Å². The minimum Gasteiger partial charge on any atom is -0.461 e. The molecule has 0 radical (unpaired) electrons. The molecular weight excluding hydrogens is 444 g/mol. The van der Waals surface area contributed by atoms with Crippen molar-refractivity contribution in [3.63, 3.8) is 0 Å². The van der Waals surface area contributed by atoms with Gasteiger partial charge in [0, 0.05) is 44.8 Å². The van der Waals surface area contributed by atoms with Crippen LogP contribution in [0.4, 0.5) is 14.6 Å². The Balaban J connectivity index is 1.50. The van der Waals surface area contributed by atoms with E-state index in [0.717, 1.165) is 19.4 Å². The van der Waals surface area contributed by atoms with Gasteiger partial charge < -0.3 is 19.5 Å². The van der Waals surface area contributed by atoms with E-state index in [9.17, 15) is 13.9 Å². The van der Waals surface area contributed by atoms with Gasteiger partial charge in [-0.25, -0.2) is 13.8 Å². The second kappa shape index (κ2) is 8.81. The second-order valence-electron chi connectivity index (χ2n) is 8.89. The number of nitrogens with zero attached hydrogens (tertiary/aromatic N) is 5. The van der Waals surface area contributed by atoms with Crippen LogP contribution in [0.3, 0.4) is 0 Å². The number of aliphatic hydroxyl groups is 1. The first kappa shape index (κ1) is 21.9. The van der Waals surface area contributed by atoms with Gasteiger partial charge in [0.15, 0.2) is 11.0 Å². The molecule has 0 saturated carbocycles. The zero-order valence-electron chi connectivity index (χ0n) is 17.6. The molecule has 0 spiro atoms. The molecule has 8 nitrogen and oxygen atoms in total. The highest BCUT2D eigenvalue weighted by molar-refractivity contribution is 6.30. The number of rotatable bonds is 5. The Morgan fingerprint density at radius 3 is 3.03 bits per heavy atom. The van der Waals surface area contributed by atoms with E-state index in [1.54, 1.807) is 0 Å². The topological polar surface area (TPSA) is 83.8 Å². The van der Waals surface area contributed by atoms with Crippen molar-refractivity contribution < 1.29 is 23.4 Å². The van der Waals surface area contributed by atoms with Crippen molar-refractivity contribution in [1.82, 2.24) is 19.9 Å². The van der Waals surface area contributed by atoms with Crippen LogP contribution in [-0.2, 0) is 4.74 Å². The summed E-state index contributed by atoms with van der Waals surface area (Å²) in [6.45, 7) is 3.32. The minimum absolute atomic E-state index is 0.0166. The first-order valence-corrected chi connectivity index (χ1v) is 11.3. The number of ether oxygens (including phenoxy) is 2. The van der Waals surface area contributed by atoms with Crippen molar-refractivity contribution in [2.24, 2.45) is 5.92 Å². The highest BCUT2D eigenvalue weighted by Crippen LogP contribution is 2.40. The molecule has 5 heterocycles. The van der Waals surface area contributed by atoms with Crippen molar-refractivity contribution in [2.45, 2.75) is 31.0 Å². The number of hydrogen-bond acceptors (Lipinski definition) is 8. The molecule has 2 aromatic heterocycles. The zero-order chi connectivity index (χ0) is 22.3. The third-order valence-electron chi connectivity index (χ3n) is 6.73. The number of halogens is 3.